The van der Waals surface area contributed by atoms with E-state index in [0.29, 0.717) is 25.0 Å². The van der Waals surface area contributed by atoms with E-state index in [0.717, 1.165) is 12.1 Å². The molecule has 0 saturated heterocycles. The van der Waals surface area contributed by atoms with Gasteiger partial charge in [-0.15, -0.1) is 11.6 Å². The lowest BCUT2D eigenvalue weighted by Gasteiger charge is -2.37. The highest BCUT2D eigenvalue weighted by Crippen LogP contribution is 2.55. The van der Waals surface area contributed by atoms with E-state index in [1.54, 1.807) is 6.92 Å². The fourth-order valence-corrected chi connectivity index (χ4v) is 3.61. The highest BCUT2D eigenvalue weighted by molar-refractivity contribution is 6.25. The van der Waals surface area contributed by atoms with E-state index in [9.17, 15) is 35.1 Å². The quantitative estimate of drug-likeness (QED) is 0.333. The topological polar surface area (TPSA) is 0 Å². The predicted molar refractivity (Wildman–Crippen MR) is 90.2 cm³/mol. The van der Waals surface area contributed by atoms with Crippen LogP contribution in [-0.2, 0) is 4.87 Å². The van der Waals surface area contributed by atoms with Crippen LogP contribution in [0.25, 0.3) is 0 Å². The highest BCUT2D eigenvalue weighted by Gasteiger charge is 2.74. The van der Waals surface area contributed by atoms with Crippen molar-refractivity contribution < 1.29 is 35.1 Å². The minimum absolute atomic E-state index is 0.0909. The normalized spacial score (nSPS) is 21.4. The van der Waals surface area contributed by atoms with Crippen LogP contribution in [-0.4, -0.2) is 18.0 Å². The second-order valence-electron chi connectivity index (χ2n) is 6.68. The smallest absolute Gasteiger partial charge is 0.218 e. The van der Waals surface area contributed by atoms with Gasteiger partial charge < -0.3 is 0 Å². The molecule has 9 heteroatoms. The summed E-state index contributed by atoms with van der Waals surface area (Å²) in [4.78, 5) is -2.08. The van der Waals surface area contributed by atoms with E-state index < -0.39 is 34.3 Å². The zero-order valence-electron chi connectivity index (χ0n) is 14.7. The zero-order valence-corrected chi connectivity index (χ0v) is 15.5. The summed E-state index contributed by atoms with van der Waals surface area (Å²) >= 11 is 6.32. The maximum absolute atomic E-state index is 14.6. The van der Waals surface area contributed by atoms with Gasteiger partial charge in [-0.1, -0.05) is 49.3 Å². The molecule has 1 aromatic rings. The SMILES string of the molecule is CCCCC1=CC(C(F)(C(F)(F)F)C(F)(F)F)=CC(Cl)(c2ccccc2F)C1. The van der Waals surface area contributed by atoms with Gasteiger partial charge in [0.25, 0.3) is 0 Å². The number of allylic oxidation sites excluding steroid dienone is 4. The van der Waals surface area contributed by atoms with Gasteiger partial charge in [-0.3, -0.25) is 0 Å². The molecule has 1 aliphatic carbocycles. The maximum Gasteiger partial charge on any atom is 0.435 e. The first-order valence-corrected chi connectivity index (χ1v) is 8.83. The van der Waals surface area contributed by atoms with Gasteiger partial charge in [-0.25, -0.2) is 8.78 Å². The van der Waals surface area contributed by atoms with Gasteiger partial charge in [0, 0.05) is 11.1 Å². The van der Waals surface area contributed by atoms with Crippen molar-refractivity contribution in [2.45, 2.75) is 55.5 Å². The van der Waals surface area contributed by atoms with Crippen molar-refractivity contribution in [1.29, 1.82) is 0 Å². The summed E-state index contributed by atoms with van der Waals surface area (Å²) in [6.07, 6.45) is -10.7. The van der Waals surface area contributed by atoms with E-state index in [1.165, 1.54) is 12.1 Å². The number of benzene rings is 1. The number of halogens is 9. The highest BCUT2D eigenvalue weighted by atomic mass is 35.5. The van der Waals surface area contributed by atoms with Crippen molar-refractivity contribution >= 4 is 11.6 Å². The first-order chi connectivity index (χ1) is 12.8. The Labute approximate surface area is 161 Å². The van der Waals surface area contributed by atoms with E-state index in [-0.39, 0.29) is 24.0 Å². The van der Waals surface area contributed by atoms with E-state index in [1.807, 2.05) is 0 Å². The Morgan fingerprint density at radius 1 is 1.00 bits per heavy atom. The van der Waals surface area contributed by atoms with Crippen LogP contribution >= 0.6 is 11.6 Å². The summed E-state index contributed by atoms with van der Waals surface area (Å²) in [5, 5.41) is 0. The van der Waals surface area contributed by atoms with Gasteiger partial charge in [0.1, 0.15) is 5.82 Å². The second kappa shape index (κ2) is 7.69. The van der Waals surface area contributed by atoms with Gasteiger partial charge in [0.05, 0.1) is 4.87 Å². The van der Waals surface area contributed by atoms with E-state index in [4.69, 9.17) is 11.6 Å². The second-order valence-corrected chi connectivity index (χ2v) is 7.35. The summed E-state index contributed by atoms with van der Waals surface area (Å²) in [6.45, 7) is 1.77. The molecule has 0 aliphatic heterocycles. The molecule has 0 bridgehead atoms. The lowest BCUT2D eigenvalue weighted by molar-refractivity contribution is -0.325. The first-order valence-electron chi connectivity index (χ1n) is 8.45. The number of hydrogen-bond acceptors (Lipinski definition) is 0. The van der Waals surface area contributed by atoms with Gasteiger partial charge in [0.2, 0.25) is 0 Å². The largest absolute Gasteiger partial charge is 0.435 e. The summed E-state index contributed by atoms with van der Waals surface area (Å²) in [7, 11) is 0. The third-order valence-corrected chi connectivity index (χ3v) is 5.03. The molecule has 156 valence electrons. The van der Waals surface area contributed by atoms with Crippen molar-refractivity contribution in [1.82, 2.24) is 0 Å². The van der Waals surface area contributed by atoms with E-state index >= 15 is 0 Å². The number of hydrogen-bond donors (Lipinski definition) is 0. The first kappa shape index (κ1) is 22.7. The number of rotatable bonds is 5. The third kappa shape index (κ3) is 4.07. The van der Waals surface area contributed by atoms with Crippen LogP contribution in [0, 0.1) is 5.82 Å². The maximum atomic E-state index is 14.6. The van der Waals surface area contributed by atoms with Crippen LogP contribution in [0.4, 0.5) is 35.1 Å². The van der Waals surface area contributed by atoms with E-state index in [2.05, 4.69) is 0 Å². The Balaban J connectivity index is 2.72. The number of unbranched alkanes of at least 4 members (excludes halogenated alkanes) is 1. The van der Waals surface area contributed by atoms with Gasteiger partial charge in [-0.2, -0.15) is 26.3 Å². The van der Waals surface area contributed by atoms with Crippen LogP contribution < -0.4 is 0 Å². The predicted octanol–water partition coefficient (Wildman–Crippen LogP) is 7.54. The van der Waals surface area contributed by atoms with Crippen molar-refractivity contribution in [3.63, 3.8) is 0 Å². The monoisotopic (exact) mass is 432 g/mol. The van der Waals surface area contributed by atoms with Crippen molar-refractivity contribution in [2.75, 3.05) is 0 Å². The zero-order chi connectivity index (χ0) is 21.4. The van der Waals surface area contributed by atoms with Gasteiger partial charge in [0.15, 0.2) is 0 Å². The molecule has 1 aliphatic rings. The molecular formula is C19H17ClF8. The summed E-state index contributed by atoms with van der Waals surface area (Å²) < 4.78 is 108. The fourth-order valence-electron chi connectivity index (χ4n) is 3.16. The molecule has 0 aromatic heterocycles. The van der Waals surface area contributed by atoms with Crippen molar-refractivity contribution in [3.8, 4) is 0 Å². The third-order valence-electron chi connectivity index (χ3n) is 4.58. The minimum atomic E-state index is -6.27. The van der Waals surface area contributed by atoms with Gasteiger partial charge in [-0.05, 0) is 25.3 Å². The molecule has 0 fully saturated rings. The Kier molecular flexibility index (Phi) is 6.24. The summed E-state index contributed by atoms with van der Waals surface area (Å²) in [6, 6.07) is 4.77. The molecule has 0 radical (unpaired) electrons. The molecular weight excluding hydrogens is 416 g/mol. The lowest BCUT2D eigenvalue weighted by Crippen LogP contribution is -2.55. The molecule has 0 saturated carbocycles. The number of alkyl halides is 8. The average molecular weight is 433 g/mol. The molecule has 0 amide bonds. The van der Waals surface area contributed by atoms with Crippen LogP contribution in [0.2, 0.25) is 0 Å². The molecule has 0 spiro atoms. The molecule has 0 heterocycles. The average Bonchev–Trinajstić information content (AvgIpc) is 2.57. The van der Waals surface area contributed by atoms with Crippen molar-refractivity contribution in [3.05, 3.63) is 58.9 Å². The Morgan fingerprint density at radius 2 is 1.57 bits per heavy atom. The molecule has 1 aromatic carbocycles. The fraction of sp³-hybridized carbons (Fsp3) is 0.474. The molecule has 2 rings (SSSR count). The Morgan fingerprint density at radius 3 is 2.07 bits per heavy atom. The molecule has 0 nitrogen and oxygen atoms in total. The minimum Gasteiger partial charge on any atom is -0.218 e. The van der Waals surface area contributed by atoms with Gasteiger partial charge >= 0.3 is 18.0 Å². The molecule has 28 heavy (non-hydrogen) atoms. The lowest BCUT2D eigenvalue weighted by atomic mass is 9.78. The van der Waals surface area contributed by atoms with Crippen molar-refractivity contribution in [2.24, 2.45) is 0 Å². The Hall–Kier alpha value is -1.57. The standard InChI is InChI=1S/C19H17ClF8/c1-2-3-6-12-9-13(17(22,18(23,24)25)19(26,27)28)11-16(20,10-12)14-7-4-5-8-15(14)21/h4-5,7-9,11H,2-3,6,10H2,1H3. The Bertz CT molecular complexity index is 761. The molecule has 1 atom stereocenters. The van der Waals surface area contributed by atoms with Crippen LogP contribution in [0.3, 0.4) is 0 Å². The van der Waals surface area contributed by atoms with Crippen LogP contribution in [0.1, 0.15) is 38.2 Å². The van der Waals surface area contributed by atoms with Crippen LogP contribution in [0.15, 0.2) is 47.6 Å². The molecule has 0 N–H and O–H groups in total. The summed E-state index contributed by atoms with van der Waals surface area (Å²) in [5.41, 5.74) is -7.53. The summed E-state index contributed by atoms with van der Waals surface area (Å²) in [5.74, 6) is -0.909. The van der Waals surface area contributed by atoms with Crippen LogP contribution in [0.5, 0.6) is 0 Å². The molecule has 1 unspecified atom stereocenters.